The number of ether oxygens (including phenoxy) is 1. The summed E-state index contributed by atoms with van der Waals surface area (Å²) in [4.78, 5) is 17.5. The summed E-state index contributed by atoms with van der Waals surface area (Å²) in [5, 5.41) is 2.85. The van der Waals surface area contributed by atoms with E-state index < -0.39 is 0 Å². The fourth-order valence-corrected chi connectivity index (χ4v) is 3.59. The molecular formula is C16H19Cl2N3O2S. The van der Waals surface area contributed by atoms with Gasteiger partial charge in [0.2, 0.25) is 0 Å². The van der Waals surface area contributed by atoms with Crippen LogP contribution in [0.5, 0.6) is 5.75 Å². The number of hydrogen-bond donors (Lipinski definition) is 2. The van der Waals surface area contributed by atoms with E-state index in [0.717, 1.165) is 22.6 Å². The maximum Gasteiger partial charge on any atom is 0.259 e. The molecule has 1 atom stereocenters. The van der Waals surface area contributed by atoms with Gasteiger partial charge >= 0.3 is 0 Å². The van der Waals surface area contributed by atoms with Crippen molar-refractivity contribution in [3.05, 3.63) is 47.8 Å². The van der Waals surface area contributed by atoms with E-state index in [1.54, 1.807) is 43.4 Å². The van der Waals surface area contributed by atoms with Crippen LogP contribution in [0.1, 0.15) is 28.4 Å². The number of carbonyl (C=O) groups excluding carboxylic acids is 1. The monoisotopic (exact) mass is 387 g/mol. The van der Waals surface area contributed by atoms with E-state index in [1.807, 2.05) is 12.1 Å². The number of aromatic nitrogens is 1. The number of benzene rings is 1. The summed E-state index contributed by atoms with van der Waals surface area (Å²) in [7, 11) is 1.56. The Morgan fingerprint density at radius 1 is 1.33 bits per heavy atom. The van der Waals surface area contributed by atoms with E-state index in [-0.39, 0.29) is 36.8 Å². The largest absolute Gasteiger partial charge is 0.496 e. The van der Waals surface area contributed by atoms with Gasteiger partial charge in [0, 0.05) is 29.0 Å². The Morgan fingerprint density at radius 2 is 2.04 bits per heavy atom. The quantitative estimate of drug-likeness (QED) is 0.839. The van der Waals surface area contributed by atoms with Gasteiger partial charge < -0.3 is 15.8 Å². The third-order valence-electron chi connectivity index (χ3n) is 3.60. The molecule has 1 amide bonds. The number of fused-ring (bicyclic) bond motifs is 1. The summed E-state index contributed by atoms with van der Waals surface area (Å²) in [6.07, 6.45) is 4.20. The zero-order chi connectivity index (χ0) is 15.5. The Morgan fingerprint density at radius 3 is 2.71 bits per heavy atom. The minimum absolute atomic E-state index is 0. The van der Waals surface area contributed by atoms with Crippen LogP contribution in [0.4, 0.5) is 5.69 Å². The second kappa shape index (κ2) is 9.13. The lowest BCUT2D eigenvalue weighted by atomic mass is 10.0. The number of amides is 1. The van der Waals surface area contributed by atoms with Crippen molar-refractivity contribution in [2.45, 2.75) is 17.4 Å². The van der Waals surface area contributed by atoms with Crippen LogP contribution in [0.15, 0.2) is 41.6 Å². The number of methoxy groups -OCH3 is 1. The fraction of sp³-hybridized carbons (Fsp3) is 0.250. The molecule has 1 aliphatic rings. The number of nitrogens with zero attached hydrogens (tertiary/aromatic N) is 1. The SMILES string of the molecule is COc1cc2c(cc1C(=O)Nc1ccncc1)SCCC2N.Cl.Cl. The molecule has 24 heavy (non-hydrogen) atoms. The van der Waals surface area contributed by atoms with E-state index in [0.29, 0.717) is 17.0 Å². The summed E-state index contributed by atoms with van der Waals surface area (Å²) in [5.41, 5.74) is 8.40. The van der Waals surface area contributed by atoms with Crippen LogP contribution >= 0.6 is 36.6 Å². The van der Waals surface area contributed by atoms with Crippen LogP contribution < -0.4 is 15.8 Å². The van der Waals surface area contributed by atoms with Crippen molar-refractivity contribution in [2.75, 3.05) is 18.2 Å². The number of thioether (sulfide) groups is 1. The third-order valence-corrected chi connectivity index (χ3v) is 4.71. The normalized spacial score (nSPS) is 15.3. The maximum absolute atomic E-state index is 12.5. The first kappa shape index (κ1) is 20.6. The predicted molar refractivity (Wildman–Crippen MR) is 102 cm³/mol. The predicted octanol–water partition coefficient (Wildman–Crippen LogP) is 3.68. The summed E-state index contributed by atoms with van der Waals surface area (Å²) >= 11 is 1.72. The lowest BCUT2D eigenvalue weighted by molar-refractivity contribution is 0.102. The van der Waals surface area contributed by atoms with Gasteiger partial charge in [-0.1, -0.05) is 0 Å². The Kier molecular flexibility index (Phi) is 7.83. The van der Waals surface area contributed by atoms with Gasteiger partial charge in [-0.3, -0.25) is 9.78 Å². The molecule has 5 nitrogen and oxygen atoms in total. The molecule has 0 saturated carbocycles. The second-order valence-corrected chi connectivity index (χ2v) is 6.16. The first-order valence-electron chi connectivity index (χ1n) is 7.00. The van der Waals surface area contributed by atoms with Gasteiger partial charge in [0.15, 0.2) is 0 Å². The average molecular weight is 388 g/mol. The minimum atomic E-state index is -0.203. The molecule has 130 valence electrons. The summed E-state index contributed by atoms with van der Waals surface area (Å²) in [5.74, 6) is 1.31. The van der Waals surface area contributed by atoms with Crippen molar-refractivity contribution < 1.29 is 9.53 Å². The number of nitrogens with two attached hydrogens (primary N) is 1. The molecule has 0 bridgehead atoms. The Bertz CT molecular complexity index is 701. The highest BCUT2D eigenvalue weighted by Gasteiger charge is 2.22. The molecule has 0 aliphatic carbocycles. The van der Waals surface area contributed by atoms with Gasteiger partial charge in [0.05, 0.1) is 12.7 Å². The van der Waals surface area contributed by atoms with Crippen molar-refractivity contribution >= 4 is 48.2 Å². The molecule has 0 radical (unpaired) electrons. The van der Waals surface area contributed by atoms with Gasteiger partial charge in [-0.25, -0.2) is 0 Å². The van der Waals surface area contributed by atoms with Crippen molar-refractivity contribution in [1.29, 1.82) is 0 Å². The Hall–Kier alpha value is -1.47. The number of pyridine rings is 1. The van der Waals surface area contributed by atoms with Crippen LogP contribution in [0.3, 0.4) is 0 Å². The molecule has 0 spiro atoms. The van der Waals surface area contributed by atoms with Crippen molar-refractivity contribution in [2.24, 2.45) is 5.73 Å². The number of nitrogens with one attached hydrogen (secondary N) is 1. The molecule has 1 aromatic heterocycles. The van der Waals surface area contributed by atoms with Crippen LogP contribution in [-0.4, -0.2) is 23.8 Å². The smallest absolute Gasteiger partial charge is 0.259 e. The molecule has 0 saturated heterocycles. The van der Waals surface area contributed by atoms with E-state index in [1.165, 1.54) is 0 Å². The number of anilines is 1. The molecular weight excluding hydrogens is 369 g/mol. The van der Waals surface area contributed by atoms with Gasteiger partial charge in [0.25, 0.3) is 5.91 Å². The first-order valence-corrected chi connectivity index (χ1v) is 7.99. The highest BCUT2D eigenvalue weighted by molar-refractivity contribution is 7.99. The van der Waals surface area contributed by atoms with Gasteiger partial charge in [0.1, 0.15) is 5.75 Å². The maximum atomic E-state index is 12.5. The standard InChI is InChI=1S/C16H17N3O2S.2ClH/c1-21-14-8-11-13(17)4-7-22-15(11)9-12(14)16(20)19-10-2-5-18-6-3-10;;/h2-3,5-6,8-9,13H,4,7,17H2,1H3,(H,18,19,20);2*1H. The van der Waals surface area contributed by atoms with Gasteiger partial charge in [-0.15, -0.1) is 36.6 Å². The van der Waals surface area contributed by atoms with E-state index in [2.05, 4.69) is 10.3 Å². The number of halogens is 2. The first-order chi connectivity index (χ1) is 10.7. The molecule has 3 N–H and O–H groups in total. The van der Waals surface area contributed by atoms with Crippen molar-refractivity contribution in [3.8, 4) is 5.75 Å². The molecule has 1 aliphatic heterocycles. The molecule has 2 heterocycles. The molecule has 2 aromatic rings. The third kappa shape index (κ3) is 4.33. The van der Waals surface area contributed by atoms with Crippen LogP contribution in [0.2, 0.25) is 0 Å². The number of rotatable bonds is 3. The summed E-state index contributed by atoms with van der Waals surface area (Å²) in [6.45, 7) is 0. The molecule has 1 unspecified atom stereocenters. The topological polar surface area (TPSA) is 77.2 Å². The molecule has 3 rings (SSSR count). The number of hydrogen-bond acceptors (Lipinski definition) is 5. The number of carbonyl (C=O) groups is 1. The Labute approximate surface area is 157 Å². The fourth-order valence-electron chi connectivity index (χ4n) is 2.42. The molecule has 0 fully saturated rings. The van der Waals surface area contributed by atoms with E-state index >= 15 is 0 Å². The van der Waals surface area contributed by atoms with Gasteiger partial charge in [-0.05, 0) is 42.0 Å². The van der Waals surface area contributed by atoms with Crippen molar-refractivity contribution in [3.63, 3.8) is 0 Å². The molecule has 8 heteroatoms. The van der Waals surface area contributed by atoms with E-state index in [9.17, 15) is 4.79 Å². The molecule has 1 aromatic carbocycles. The summed E-state index contributed by atoms with van der Waals surface area (Å²) < 4.78 is 5.38. The minimum Gasteiger partial charge on any atom is -0.496 e. The lowest BCUT2D eigenvalue weighted by Crippen LogP contribution is -2.18. The van der Waals surface area contributed by atoms with Crippen LogP contribution in [0, 0.1) is 0 Å². The summed E-state index contributed by atoms with van der Waals surface area (Å²) in [6, 6.07) is 7.24. The van der Waals surface area contributed by atoms with Crippen molar-refractivity contribution in [1.82, 2.24) is 4.98 Å². The highest BCUT2D eigenvalue weighted by Crippen LogP contribution is 2.39. The zero-order valence-electron chi connectivity index (χ0n) is 13.0. The zero-order valence-corrected chi connectivity index (χ0v) is 15.5. The second-order valence-electron chi connectivity index (χ2n) is 5.02. The van der Waals surface area contributed by atoms with E-state index in [4.69, 9.17) is 10.5 Å². The van der Waals surface area contributed by atoms with Crippen LogP contribution in [0.25, 0.3) is 0 Å². The highest BCUT2D eigenvalue weighted by atomic mass is 35.5. The lowest BCUT2D eigenvalue weighted by Gasteiger charge is -2.23. The van der Waals surface area contributed by atoms with Crippen LogP contribution in [-0.2, 0) is 0 Å². The Balaban J connectivity index is 0.00000144. The van der Waals surface area contributed by atoms with Gasteiger partial charge in [-0.2, -0.15) is 0 Å². The average Bonchev–Trinajstić information content (AvgIpc) is 2.55.